The first kappa shape index (κ1) is 11.7. The predicted molar refractivity (Wildman–Crippen MR) is 60.3 cm³/mol. The summed E-state index contributed by atoms with van der Waals surface area (Å²) in [6.45, 7) is 5.14. The smallest absolute Gasteiger partial charge is 0.0635 e. The molecule has 1 aromatic heterocycles. The molecule has 0 aromatic carbocycles. The van der Waals surface area contributed by atoms with Gasteiger partial charge in [-0.2, -0.15) is 5.10 Å². The van der Waals surface area contributed by atoms with Crippen molar-refractivity contribution in [3.05, 3.63) is 16.4 Å². The molecule has 1 rings (SSSR count). The number of ether oxygens (including phenoxy) is 1. The molecule has 0 amide bonds. The molecule has 0 fully saturated rings. The summed E-state index contributed by atoms with van der Waals surface area (Å²) < 4.78 is 8.17. The highest BCUT2D eigenvalue weighted by atomic mass is 79.9. The molecule has 0 radical (unpaired) electrons. The van der Waals surface area contributed by atoms with Gasteiger partial charge >= 0.3 is 0 Å². The molecule has 1 aromatic rings. The number of rotatable bonds is 4. The van der Waals surface area contributed by atoms with Crippen molar-refractivity contribution in [3.8, 4) is 0 Å². The van der Waals surface area contributed by atoms with Crippen LogP contribution in [-0.2, 0) is 18.2 Å². The molecule has 1 heterocycles. The molecule has 3 nitrogen and oxygen atoms in total. The van der Waals surface area contributed by atoms with Gasteiger partial charge in [0.2, 0.25) is 0 Å². The Kier molecular flexibility index (Phi) is 3.72. The number of hydrogen-bond donors (Lipinski definition) is 0. The zero-order valence-corrected chi connectivity index (χ0v) is 10.8. The lowest BCUT2D eigenvalue weighted by Crippen LogP contribution is -2.23. The molecule has 0 unspecified atom stereocenters. The van der Waals surface area contributed by atoms with Crippen molar-refractivity contribution in [1.82, 2.24) is 9.78 Å². The lowest BCUT2D eigenvalue weighted by atomic mass is 9.89. The van der Waals surface area contributed by atoms with E-state index in [2.05, 4.69) is 34.9 Å². The third-order valence-corrected chi connectivity index (χ3v) is 2.85. The van der Waals surface area contributed by atoms with Crippen LogP contribution in [0.3, 0.4) is 0 Å². The van der Waals surface area contributed by atoms with Crippen LogP contribution in [0.2, 0.25) is 0 Å². The van der Waals surface area contributed by atoms with Crippen molar-refractivity contribution in [2.45, 2.75) is 20.3 Å². The van der Waals surface area contributed by atoms with Crippen LogP contribution in [0.25, 0.3) is 0 Å². The fourth-order valence-electron chi connectivity index (χ4n) is 1.53. The van der Waals surface area contributed by atoms with Gasteiger partial charge in [-0.05, 0) is 27.8 Å². The Bertz CT molecular complexity index is 288. The largest absolute Gasteiger partial charge is 0.384 e. The SMILES string of the molecule is COCC(C)(C)Cc1c(Br)cnn1C. The predicted octanol–water partition coefficient (Wildman–Crippen LogP) is 2.40. The number of aryl methyl sites for hydroxylation is 1. The normalized spacial score (nSPS) is 12.1. The molecule has 0 atom stereocenters. The van der Waals surface area contributed by atoms with Crippen LogP contribution in [0.1, 0.15) is 19.5 Å². The molecular formula is C10H17BrN2O. The topological polar surface area (TPSA) is 27.1 Å². The van der Waals surface area contributed by atoms with Crippen molar-refractivity contribution in [1.29, 1.82) is 0 Å². The van der Waals surface area contributed by atoms with Crippen LogP contribution >= 0.6 is 15.9 Å². The van der Waals surface area contributed by atoms with Gasteiger partial charge in [-0.25, -0.2) is 0 Å². The molecule has 0 spiro atoms. The fourth-order valence-corrected chi connectivity index (χ4v) is 2.02. The minimum atomic E-state index is 0.144. The summed E-state index contributed by atoms with van der Waals surface area (Å²) in [6, 6.07) is 0. The van der Waals surface area contributed by atoms with Crippen LogP contribution in [-0.4, -0.2) is 23.5 Å². The van der Waals surface area contributed by atoms with Gasteiger partial charge in [-0.1, -0.05) is 13.8 Å². The van der Waals surface area contributed by atoms with Gasteiger partial charge in [0.15, 0.2) is 0 Å². The van der Waals surface area contributed by atoms with Crippen molar-refractivity contribution in [3.63, 3.8) is 0 Å². The van der Waals surface area contributed by atoms with Gasteiger partial charge in [0, 0.05) is 14.2 Å². The summed E-state index contributed by atoms with van der Waals surface area (Å²) in [6.07, 6.45) is 2.79. The molecule has 0 aliphatic carbocycles. The summed E-state index contributed by atoms with van der Waals surface area (Å²) in [5.74, 6) is 0. The number of methoxy groups -OCH3 is 1. The number of halogens is 1. The summed E-state index contributed by atoms with van der Waals surface area (Å²) >= 11 is 3.50. The highest BCUT2D eigenvalue weighted by molar-refractivity contribution is 9.10. The average Bonchev–Trinajstić information content (AvgIpc) is 2.35. The number of aromatic nitrogens is 2. The van der Waals surface area contributed by atoms with E-state index in [1.165, 1.54) is 5.69 Å². The van der Waals surface area contributed by atoms with Crippen LogP contribution in [0.4, 0.5) is 0 Å². The Morgan fingerprint density at radius 3 is 2.64 bits per heavy atom. The van der Waals surface area contributed by atoms with E-state index in [0.29, 0.717) is 0 Å². The zero-order valence-electron chi connectivity index (χ0n) is 9.17. The Balaban J connectivity index is 2.77. The Hall–Kier alpha value is -0.350. The molecule has 80 valence electrons. The molecular weight excluding hydrogens is 244 g/mol. The van der Waals surface area contributed by atoms with Crippen LogP contribution in [0.15, 0.2) is 10.7 Å². The summed E-state index contributed by atoms with van der Waals surface area (Å²) in [5.41, 5.74) is 1.36. The molecule has 0 saturated heterocycles. The molecule has 4 heteroatoms. The van der Waals surface area contributed by atoms with Gasteiger partial charge in [-0.3, -0.25) is 4.68 Å². The average molecular weight is 261 g/mol. The van der Waals surface area contributed by atoms with Crippen molar-refractivity contribution in [2.75, 3.05) is 13.7 Å². The second-order valence-electron chi connectivity index (χ2n) is 4.34. The van der Waals surface area contributed by atoms with E-state index in [1.54, 1.807) is 7.11 Å². The van der Waals surface area contributed by atoms with Crippen molar-refractivity contribution >= 4 is 15.9 Å². The lowest BCUT2D eigenvalue weighted by Gasteiger charge is -2.23. The molecule has 0 aliphatic rings. The van der Waals surface area contributed by atoms with E-state index < -0.39 is 0 Å². The lowest BCUT2D eigenvalue weighted by molar-refractivity contribution is 0.103. The maximum absolute atomic E-state index is 5.19. The third-order valence-electron chi connectivity index (χ3n) is 2.19. The van der Waals surface area contributed by atoms with Crippen molar-refractivity contribution < 1.29 is 4.74 Å². The Labute approximate surface area is 93.6 Å². The Morgan fingerprint density at radius 1 is 1.57 bits per heavy atom. The second kappa shape index (κ2) is 4.45. The van der Waals surface area contributed by atoms with Gasteiger partial charge in [0.25, 0.3) is 0 Å². The molecule has 0 aliphatic heterocycles. The minimum Gasteiger partial charge on any atom is -0.384 e. The summed E-state index contributed by atoms with van der Waals surface area (Å²) in [4.78, 5) is 0. The number of nitrogens with zero attached hydrogens (tertiary/aromatic N) is 2. The van der Waals surface area contributed by atoms with E-state index in [4.69, 9.17) is 4.74 Å². The quantitative estimate of drug-likeness (QED) is 0.832. The highest BCUT2D eigenvalue weighted by Gasteiger charge is 2.21. The van der Waals surface area contributed by atoms with Crippen LogP contribution < -0.4 is 0 Å². The first-order chi connectivity index (χ1) is 6.46. The second-order valence-corrected chi connectivity index (χ2v) is 5.19. The first-order valence-electron chi connectivity index (χ1n) is 4.61. The maximum atomic E-state index is 5.19. The molecule has 0 saturated carbocycles. The molecule has 14 heavy (non-hydrogen) atoms. The van der Waals surface area contributed by atoms with Gasteiger partial charge < -0.3 is 4.74 Å². The highest BCUT2D eigenvalue weighted by Crippen LogP contribution is 2.26. The summed E-state index contributed by atoms with van der Waals surface area (Å²) in [7, 11) is 3.70. The van der Waals surface area contributed by atoms with Crippen molar-refractivity contribution in [2.24, 2.45) is 12.5 Å². The molecule has 0 N–H and O–H groups in total. The number of hydrogen-bond acceptors (Lipinski definition) is 2. The monoisotopic (exact) mass is 260 g/mol. The Morgan fingerprint density at radius 2 is 2.21 bits per heavy atom. The van der Waals surface area contributed by atoms with Gasteiger partial charge in [0.1, 0.15) is 0 Å². The standard InChI is InChI=1S/C10H17BrN2O/c1-10(2,7-14-4)5-9-8(11)6-12-13(9)3/h6H,5,7H2,1-4H3. The van der Waals surface area contributed by atoms with E-state index in [9.17, 15) is 0 Å². The summed E-state index contributed by atoms with van der Waals surface area (Å²) in [5, 5.41) is 4.19. The van der Waals surface area contributed by atoms with Gasteiger partial charge in [-0.15, -0.1) is 0 Å². The van der Waals surface area contributed by atoms with Crippen LogP contribution in [0, 0.1) is 5.41 Å². The van der Waals surface area contributed by atoms with Crippen LogP contribution in [0.5, 0.6) is 0 Å². The maximum Gasteiger partial charge on any atom is 0.0635 e. The molecule has 0 bridgehead atoms. The van der Waals surface area contributed by atoms with E-state index in [1.807, 2.05) is 17.9 Å². The zero-order chi connectivity index (χ0) is 10.8. The first-order valence-corrected chi connectivity index (χ1v) is 5.41. The fraction of sp³-hybridized carbons (Fsp3) is 0.700. The van der Waals surface area contributed by atoms with Gasteiger partial charge in [0.05, 0.1) is 23.0 Å². The van der Waals surface area contributed by atoms with E-state index >= 15 is 0 Å². The van der Waals surface area contributed by atoms with E-state index in [-0.39, 0.29) is 5.41 Å². The minimum absolute atomic E-state index is 0.144. The third kappa shape index (κ3) is 2.82. The van der Waals surface area contributed by atoms with E-state index in [0.717, 1.165) is 17.5 Å².